The van der Waals surface area contributed by atoms with E-state index in [-0.39, 0.29) is 18.3 Å². The number of hydrogen-bond donors (Lipinski definition) is 1. The van der Waals surface area contributed by atoms with Gasteiger partial charge in [-0.1, -0.05) is 45.9 Å². The lowest BCUT2D eigenvalue weighted by molar-refractivity contribution is -0.198. The van der Waals surface area contributed by atoms with E-state index in [2.05, 4.69) is 0 Å². The van der Waals surface area contributed by atoms with Crippen molar-refractivity contribution >= 4 is 30.8 Å². The number of rotatable bonds is 9. The molecule has 0 aromatic rings. The van der Waals surface area contributed by atoms with Crippen LogP contribution >= 0.6 is 0 Å². The van der Waals surface area contributed by atoms with E-state index < -0.39 is 52.9 Å². The number of fused-ring (bicyclic) bond motifs is 1. The van der Waals surface area contributed by atoms with Crippen molar-refractivity contribution in [3.63, 3.8) is 0 Å². The minimum atomic E-state index is -2.01. The third kappa shape index (κ3) is 4.65. The van der Waals surface area contributed by atoms with Crippen LogP contribution in [0.4, 0.5) is 0 Å². The lowest BCUT2D eigenvalue weighted by Crippen LogP contribution is -2.66. The Kier molecular flexibility index (Phi) is 8.14. The molecule has 1 aliphatic heterocycles. The van der Waals surface area contributed by atoms with E-state index in [0.717, 1.165) is 5.57 Å². The summed E-state index contributed by atoms with van der Waals surface area (Å²) >= 11 is 0. The summed E-state index contributed by atoms with van der Waals surface area (Å²) in [5, 5.41) is 9.98. The number of hydrogen-bond acceptors (Lipinski definition) is 8. The molecule has 1 heterocycles. The average Bonchev–Trinajstić information content (AvgIpc) is 2.82. The molecule has 1 N–H and O–H groups in total. The third-order valence-electron chi connectivity index (χ3n) is 8.30. The van der Waals surface area contributed by atoms with Gasteiger partial charge in [-0.05, 0) is 42.6 Å². The Balaban J connectivity index is 2.07. The van der Waals surface area contributed by atoms with Gasteiger partial charge in [0.15, 0.2) is 11.9 Å². The summed E-state index contributed by atoms with van der Waals surface area (Å²) < 4.78 is 11.4. The van der Waals surface area contributed by atoms with Crippen molar-refractivity contribution < 1.29 is 38.6 Å². The Bertz CT molecular complexity index is 912. The molecular weight excluding hydrogens is 452 g/mol. The zero-order valence-corrected chi connectivity index (χ0v) is 20.8. The molecule has 8 heteroatoms. The quantitative estimate of drug-likeness (QED) is 0.298. The second-order valence-corrected chi connectivity index (χ2v) is 10.4. The van der Waals surface area contributed by atoms with Crippen molar-refractivity contribution in [1.82, 2.24) is 0 Å². The molecule has 8 nitrogen and oxygen atoms in total. The van der Waals surface area contributed by atoms with Gasteiger partial charge in [-0.15, -0.1) is 0 Å². The van der Waals surface area contributed by atoms with Gasteiger partial charge in [0.05, 0.1) is 18.4 Å². The first-order valence-electron chi connectivity index (χ1n) is 12.5. The van der Waals surface area contributed by atoms with Crippen LogP contribution in [0.15, 0.2) is 23.8 Å². The highest BCUT2D eigenvalue weighted by Crippen LogP contribution is 2.56. The third-order valence-corrected chi connectivity index (χ3v) is 8.30. The summed E-state index contributed by atoms with van der Waals surface area (Å²) in [6.07, 6.45) is 7.49. The number of aliphatic hydroxyl groups excluding tert-OH is 1. The molecule has 0 radical (unpaired) electrons. The molecule has 3 rings (SSSR count). The highest BCUT2D eigenvalue weighted by molar-refractivity contribution is 5.95. The molecule has 0 bridgehead atoms. The van der Waals surface area contributed by atoms with Crippen LogP contribution < -0.4 is 0 Å². The van der Waals surface area contributed by atoms with Crippen LogP contribution in [-0.4, -0.2) is 53.7 Å². The van der Waals surface area contributed by atoms with E-state index in [1.54, 1.807) is 13.8 Å². The zero-order valence-electron chi connectivity index (χ0n) is 20.8. The van der Waals surface area contributed by atoms with Crippen LogP contribution in [0.2, 0.25) is 0 Å². The van der Waals surface area contributed by atoms with E-state index in [1.807, 2.05) is 32.1 Å². The topological polar surface area (TPSA) is 124 Å². The van der Waals surface area contributed by atoms with Crippen LogP contribution in [0, 0.1) is 35.0 Å². The van der Waals surface area contributed by atoms with Crippen LogP contribution in [-0.2, 0) is 33.4 Å². The summed E-state index contributed by atoms with van der Waals surface area (Å²) in [5.41, 5.74) is -3.14. The molecule has 0 aromatic heterocycles. The monoisotopic (exact) mass is 488 g/mol. The van der Waals surface area contributed by atoms with Gasteiger partial charge in [-0.3, -0.25) is 14.4 Å². The smallest absolute Gasteiger partial charge is 0.309 e. The van der Waals surface area contributed by atoms with Gasteiger partial charge in [-0.25, -0.2) is 0 Å². The van der Waals surface area contributed by atoms with Crippen LogP contribution in [0.3, 0.4) is 0 Å². The number of allylic oxidation sites excluding steroid dienone is 3. The van der Waals surface area contributed by atoms with Crippen LogP contribution in [0.25, 0.3) is 0 Å². The largest absolute Gasteiger partial charge is 0.462 e. The van der Waals surface area contributed by atoms with Gasteiger partial charge in [0.1, 0.15) is 24.1 Å². The maximum absolute atomic E-state index is 13.0. The number of aliphatic hydroxyl groups is 1. The average molecular weight is 489 g/mol. The van der Waals surface area contributed by atoms with Crippen molar-refractivity contribution in [2.45, 2.75) is 77.6 Å². The summed E-state index contributed by atoms with van der Waals surface area (Å²) in [7, 11) is 0. The fraction of sp³-hybridized carbons (Fsp3) is 0.667. The standard InChI is InChI=1S/C27H36O8/c1-5-16(2)25(33)35-27(15-30)24-19(10-18(4)26(27,13-28)14-29)7-6-17(3)22(24)9-8-21-11-20(31)12-23(32)34-21/h6-7,10,13-18,20-22,24,31H,5,8-9,11-12H2,1-4H3/t16-,17-,18+,20+,21+,22-,24-,27-/m0/s1. The number of carbonyl (C=O) groups excluding carboxylic acids is 5. The molecule has 0 unspecified atom stereocenters. The van der Waals surface area contributed by atoms with Gasteiger partial charge in [-0.2, -0.15) is 0 Å². The van der Waals surface area contributed by atoms with Crippen molar-refractivity contribution in [2.24, 2.45) is 35.0 Å². The van der Waals surface area contributed by atoms with Gasteiger partial charge >= 0.3 is 11.9 Å². The van der Waals surface area contributed by atoms with Crippen LogP contribution in [0.1, 0.15) is 59.8 Å². The van der Waals surface area contributed by atoms with Gasteiger partial charge in [0.2, 0.25) is 0 Å². The van der Waals surface area contributed by atoms with Gasteiger partial charge in [0.25, 0.3) is 0 Å². The number of esters is 2. The predicted molar refractivity (Wildman–Crippen MR) is 126 cm³/mol. The maximum atomic E-state index is 13.0. The lowest BCUT2D eigenvalue weighted by atomic mass is 9.51. The van der Waals surface area contributed by atoms with Crippen LogP contribution in [0.5, 0.6) is 0 Å². The van der Waals surface area contributed by atoms with E-state index in [1.165, 1.54) is 0 Å². The minimum absolute atomic E-state index is 0.0343. The maximum Gasteiger partial charge on any atom is 0.309 e. The van der Waals surface area contributed by atoms with E-state index in [4.69, 9.17) is 9.47 Å². The van der Waals surface area contributed by atoms with E-state index in [0.29, 0.717) is 44.5 Å². The van der Waals surface area contributed by atoms with Crippen molar-refractivity contribution in [3.05, 3.63) is 23.8 Å². The van der Waals surface area contributed by atoms with E-state index >= 15 is 0 Å². The molecule has 1 fully saturated rings. The highest BCUT2D eigenvalue weighted by Gasteiger charge is 2.66. The second kappa shape index (κ2) is 10.6. The lowest BCUT2D eigenvalue weighted by Gasteiger charge is -2.54. The number of cyclic esters (lactones) is 1. The molecule has 0 saturated carbocycles. The Hall–Kier alpha value is -2.61. The van der Waals surface area contributed by atoms with E-state index in [9.17, 15) is 29.1 Å². The van der Waals surface area contributed by atoms with Gasteiger partial charge < -0.3 is 24.2 Å². The Morgan fingerprint density at radius 2 is 1.91 bits per heavy atom. The highest BCUT2D eigenvalue weighted by atomic mass is 16.6. The molecule has 0 aromatic carbocycles. The normalized spacial score (nSPS) is 36.7. The SMILES string of the molecule is CC[C@H](C)C(=O)O[C@@]1(C=O)[C@H]2C(=C[C@@H](C)C1(C=O)C=O)C=C[C@H](C)[C@@H]2CC[C@@H]1C[C@@H](O)CC(=O)O1. The number of aldehydes is 3. The Labute approximate surface area is 206 Å². The Morgan fingerprint density at radius 1 is 1.23 bits per heavy atom. The Morgan fingerprint density at radius 3 is 2.49 bits per heavy atom. The first-order chi connectivity index (χ1) is 16.6. The molecule has 0 spiro atoms. The summed E-state index contributed by atoms with van der Waals surface area (Å²) in [6.45, 7) is 7.13. The van der Waals surface area contributed by atoms with Crippen molar-refractivity contribution in [1.29, 1.82) is 0 Å². The first kappa shape index (κ1) is 27.0. The molecule has 192 valence electrons. The molecule has 0 amide bonds. The second-order valence-electron chi connectivity index (χ2n) is 10.4. The van der Waals surface area contributed by atoms with Gasteiger partial charge in [0, 0.05) is 12.3 Å². The first-order valence-corrected chi connectivity index (χ1v) is 12.5. The summed E-state index contributed by atoms with van der Waals surface area (Å²) in [6, 6.07) is 0. The number of carbonyl (C=O) groups is 5. The minimum Gasteiger partial charge on any atom is -0.462 e. The molecule has 3 aliphatic rings. The predicted octanol–water partition coefficient (Wildman–Crippen LogP) is 2.76. The summed E-state index contributed by atoms with van der Waals surface area (Å²) in [5.74, 6) is -3.38. The van der Waals surface area contributed by atoms with Crippen molar-refractivity contribution in [2.75, 3.05) is 0 Å². The molecular formula is C27H36O8. The zero-order chi connectivity index (χ0) is 26.0. The molecule has 8 atom stereocenters. The fourth-order valence-electron chi connectivity index (χ4n) is 5.89. The molecule has 2 aliphatic carbocycles. The molecule has 35 heavy (non-hydrogen) atoms. The summed E-state index contributed by atoms with van der Waals surface area (Å²) in [4.78, 5) is 62.9. The van der Waals surface area contributed by atoms with Crippen molar-refractivity contribution in [3.8, 4) is 0 Å². The number of ether oxygens (including phenoxy) is 2. The fourth-order valence-corrected chi connectivity index (χ4v) is 5.89. The molecule has 1 saturated heterocycles.